The van der Waals surface area contributed by atoms with Crippen LogP contribution < -0.4 is 14.4 Å². The van der Waals surface area contributed by atoms with Gasteiger partial charge in [-0.1, -0.05) is 29.8 Å². The van der Waals surface area contributed by atoms with Gasteiger partial charge in [0.25, 0.3) is 11.7 Å². The van der Waals surface area contributed by atoms with Gasteiger partial charge >= 0.3 is 0 Å². The van der Waals surface area contributed by atoms with Crippen LogP contribution in [0.25, 0.3) is 5.76 Å². The molecule has 4 rings (SSSR count). The second kappa shape index (κ2) is 8.92. The Bertz CT molecular complexity index is 1280. The fourth-order valence-corrected chi connectivity index (χ4v) is 5.03. The van der Waals surface area contributed by atoms with Crippen molar-refractivity contribution in [1.29, 1.82) is 0 Å². The quantitative estimate of drug-likeness (QED) is 0.288. The van der Waals surface area contributed by atoms with Gasteiger partial charge in [-0.15, -0.1) is 11.3 Å². The zero-order valence-corrected chi connectivity index (χ0v) is 20.1. The number of Topliss-reactive ketones (excluding diaryl/α,β-unsaturated/α-hetero) is 1. The van der Waals surface area contributed by atoms with Crippen molar-refractivity contribution in [2.45, 2.75) is 19.9 Å². The van der Waals surface area contributed by atoms with Crippen molar-refractivity contribution in [2.24, 2.45) is 0 Å². The number of aryl methyl sites for hydroxylation is 2. The van der Waals surface area contributed by atoms with Gasteiger partial charge in [-0.25, -0.2) is 0 Å². The van der Waals surface area contributed by atoms with Crippen LogP contribution >= 0.6 is 22.9 Å². The molecule has 0 aliphatic carbocycles. The largest absolute Gasteiger partial charge is 0.507 e. The average Bonchev–Trinajstić information content (AvgIpc) is 3.42. The van der Waals surface area contributed by atoms with E-state index in [9.17, 15) is 14.7 Å². The van der Waals surface area contributed by atoms with Crippen LogP contribution in [0.3, 0.4) is 0 Å². The number of carbonyl (C=O) groups excluding carboxylic acids is 2. The summed E-state index contributed by atoms with van der Waals surface area (Å²) in [5.74, 6) is -1.23. The molecule has 1 aliphatic rings. The molecule has 6 nitrogen and oxygen atoms in total. The summed E-state index contributed by atoms with van der Waals surface area (Å²) in [5.41, 5.74) is 2.58. The first-order valence-corrected chi connectivity index (χ1v) is 11.4. The Hall–Kier alpha value is -3.29. The van der Waals surface area contributed by atoms with E-state index in [0.29, 0.717) is 11.4 Å². The van der Waals surface area contributed by atoms with Crippen molar-refractivity contribution in [3.05, 3.63) is 80.0 Å². The van der Waals surface area contributed by atoms with Gasteiger partial charge in [-0.2, -0.15) is 0 Å². The molecule has 170 valence electrons. The van der Waals surface area contributed by atoms with Crippen LogP contribution in [0.2, 0.25) is 5.02 Å². The Kier molecular flexibility index (Phi) is 6.19. The molecule has 1 aromatic heterocycles. The molecule has 8 heteroatoms. The highest BCUT2D eigenvalue weighted by Crippen LogP contribution is 2.46. The SMILES string of the molecule is COc1cc(OC)c(/C(O)=C2/C(=O)C(=O)N(c3cc(C)ccc3C)C2c2cccs2)cc1Cl. The number of benzene rings is 2. The molecule has 3 aromatic rings. The Morgan fingerprint density at radius 3 is 2.42 bits per heavy atom. The highest BCUT2D eigenvalue weighted by molar-refractivity contribution is 7.10. The number of amides is 1. The zero-order chi connectivity index (χ0) is 23.9. The third-order valence-corrected chi connectivity index (χ3v) is 6.83. The first kappa shape index (κ1) is 22.9. The van der Waals surface area contributed by atoms with Gasteiger partial charge in [0, 0.05) is 16.6 Å². The molecule has 1 atom stereocenters. The molecular formula is C25H22ClNO5S. The van der Waals surface area contributed by atoms with Crippen molar-refractivity contribution in [2.75, 3.05) is 19.1 Å². The molecule has 1 unspecified atom stereocenters. The third-order valence-electron chi connectivity index (χ3n) is 5.61. The lowest BCUT2D eigenvalue weighted by Gasteiger charge is -2.26. The van der Waals surface area contributed by atoms with E-state index in [4.69, 9.17) is 21.1 Å². The van der Waals surface area contributed by atoms with Crippen LogP contribution in [0.15, 0.2) is 53.4 Å². The predicted octanol–water partition coefficient (Wildman–Crippen LogP) is 5.66. The number of hydrogen-bond acceptors (Lipinski definition) is 6. The van der Waals surface area contributed by atoms with E-state index in [-0.39, 0.29) is 27.7 Å². The first-order valence-electron chi connectivity index (χ1n) is 10.1. The number of methoxy groups -OCH3 is 2. The average molecular weight is 484 g/mol. The maximum absolute atomic E-state index is 13.3. The molecule has 2 heterocycles. The van der Waals surface area contributed by atoms with Gasteiger partial charge in [0.05, 0.1) is 30.4 Å². The highest BCUT2D eigenvalue weighted by Gasteiger charge is 2.48. The van der Waals surface area contributed by atoms with E-state index in [1.165, 1.54) is 42.6 Å². The van der Waals surface area contributed by atoms with Crippen molar-refractivity contribution in [3.63, 3.8) is 0 Å². The van der Waals surface area contributed by atoms with Crippen molar-refractivity contribution >= 4 is 46.1 Å². The Labute approximate surface area is 200 Å². The van der Waals surface area contributed by atoms with Crippen LogP contribution in [-0.2, 0) is 9.59 Å². The smallest absolute Gasteiger partial charge is 0.300 e. The topological polar surface area (TPSA) is 76.1 Å². The van der Waals surface area contributed by atoms with E-state index in [2.05, 4.69) is 0 Å². The molecule has 1 fully saturated rings. The molecule has 0 saturated carbocycles. The Morgan fingerprint density at radius 2 is 1.79 bits per heavy atom. The normalized spacial score (nSPS) is 17.5. The fourth-order valence-electron chi connectivity index (χ4n) is 3.97. The van der Waals surface area contributed by atoms with Crippen LogP contribution in [0.1, 0.15) is 27.6 Å². The van der Waals surface area contributed by atoms with Crippen LogP contribution in [-0.4, -0.2) is 31.0 Å². The van der Waals surface area contributed by atoms with Crippen molar-refractivity contribution < 1.29 is 24.2 Å². The molecule has 1 saturated heterocycles. The lowest BCUT2D eigenvalue weighted by Crippen LogP contribution is -2.29. The van der Waals surface area contributed by atoms with Gasteiger partial charge in [-0.05, 0) is 48.6 Å². The summed E-state index contributed by atoms with van der Waals surface area (Å²) in [6, 6.07) is 11.6. The summed E-state index contributed by atoms with van der Waals surface area (Å²) in [7, 11) is 2.90. The van der Waals surface area contributed by atoms with Gasteiger partial charge in [-0.3, -0.25) is 14.5 Å². The summed E-state index contributed by atoms with van der Waals surface area (Å²) in [6.07, 6.45) is 0. The standard InChI is InChI=1S/C25H22ClNO5S/c1-13-7-8-14(2)17(10-13)27-22(20-6-5-9-33-20)21(24(29)25(27)30)23(28)15-11-16(26)19(32-4)12-18(15)31-3/h5-12,22,28H,1-4H3/b23-21-. The van der Waals surface area contributed by atoms with E-state index in [1.807, 2.05) is 49.6 Å². The van der Waals surface area contributed by atoms with Gasteiger partial charge in [0.1, 0.15) is 23.3 Å². The Morgan fingerprint density at radius 1 is 1.06 bits per heavy atom. The van der Waals surface area contributed by atoms with E-state index in [1.54, 1.807) is 0 Å². The second-order valence-electron chi connectivity index (χ2n) is 7.66. The van der Waals surface area contributed by atoms with Gasteiger partial charge in [0.15, 0.2) is 0 Å². The molecule has 1 aliphatic heterocycles. The van der Waals surface area contributed by atoms with Crippen LogP contribution in [0.5, 0.6) is 11.5 Å². The Balaban J connectivity index is 1.99. The molecule has 0 spiro atoms. The number of thiophene rings is 1. The second-order valence-corrected chi connectivity index (χ2v) is 9.05. The predicted molar refractivity (Wildman–Crippen MR) is 130 cm³/mol. The summed E-state index contributed by atoms with van der Waals surface area (Å²) >= 11 is 7.70. The monoisotopic (exact) mass is 483 g/mol. The summed E-state index contributed by atoms with van der Waals surface area (Å²) < 4.78 is 10.6. The van der Waals surface area contributed by atoms with Crippen molar-refractivity contribution in [3.8, 4) is 11.5 Å². The molecule has 1 amide bonds. The number of carbonyl (C=O) groups is 2. The zero-order valence-electron chi connectivity index (χ0n) is 18.5. The molecule has 33 heavy (non-hydrogen) atoms. The summed E-state index contributed by atoms with van der Waals surface area (Å²) in [4.78, 5) is 28.8. The van der Waals surface area contributed by atoms with E-state index >= 15 is 0 Å². The number of ketones is 1. The van der Waals surface area contributed by atoms with Crippen molar-refractivity contribution in [1.82, 2.24) is 0 Å². The third kappa shape index (κ3) is 3.87. The lowest BCUT2D eigenvalue weighted by molar-refractivity contribution is -0.132. The van der Waals surface area contributed by atoms with E-state index in [0.717, 1.165) is 16.0 Å². The number of aliphatic hydroxyl groups is 1. The summed E-state index contributed by atoms with van der Waals surface area (Å²) in [5, 5.41) is 13.5. The maximum Gasteiger partial charge on any atom is 0.300 e. The number of nitrogens with zero attached hydrogens (tertiary/aromatic N) is 1. The van der Waals surface area contributed by atoms with E-state index < -0.39 is 17.7 Å². The van der Waals surface area contributed by atoms with Crippen LogP contribution in [0, 0.1) is 13.8 Å². The molecular weight excluding hydrogens is 462 g/mol. The van der Waals surface area contributed by atoms with Crippen LogP contribution in [0.4, 0.5) is 5.69 Å². The molecule has 1 N–H and O–H groups in total. The number of halogens is 1. The van der Waals surface area contributed by atoms with Gasteiger partial charge in [0.2, 0.25) is 0 Å². The molecule has 0 bridgehead atoms. The maximum atomic E-state index is 13.3. The summed E-state index contributed by atoms with van der Waals surface area (Å²) in [6.45, 7) is 3.80. The number of hydrogen-bond donors (Lipinski definition) is 1. The molecule has 0 radical (unpaired) electrons. The fraction of sp³-hybridized carbons (Fsp3) is 0.200. The number of ether oxygens (including phenoxy) is 2. The number of rotatable bonds is 5. The minimum atomic E-state index is -0.795. The lowest BCUT2D eigenvalue weighted by atomic mass is 9.98. The minimum absolute atomic E-state index is 0.0251. The minimum Gasteiger partial charge on any atom is -0.507 e. The number of anilines is 1. The van der Waals surface area contributed by atoms with Gasteiger partial charge < -0.3 is 14.6 Å². The highest BCUT2D eigenvalue weighted by atomic mass is 35.5. The number of aliphatic hydroxyl groups excluding tert-OH is 1. The molecule has 2 aromatic carbocycles. The first-order chi connectivity index (χ1) is 15.8.